The third-order valence-electron chi connectivity index (χ3n) is 4.24. The SMILES string of the molecule is CCC(CC)C(=O)N1CCC(c2ccc(N)cc2)C1. The van der Waals surface area contributed by atoms with E-state index in [9.17, 15) is 4.79 Å². The first kappa shape index (κ1) is 13.9. The molecule has 1 unspecified atom stereocenters. The van der Waals surface area contributed by atoms with Crippen molar-refractivity contribution < 1.29 is 4.79 Å². The minimum Gasteiger partial charge on any atom is -0.399 e. The highest BCUT2D eigenvalue weighted by atomic mass is 16.2. The van der Waals surface area contributed by atoms with E-state index in [-0.39, 0.29) is 5.92 Å². The van der Waals surface area contributed by atoms with Crippen LogP contribution in [0.25, 0.3) is 0 Å². The number of nitrogen functional groups attached to an aromatic ring is 1. The zero-order chi connectivity index (χ0) is 13.8. The molecule has 1 aliphatic heterocycles. The molecule has 0 aromatic heterocycles. The normalized spacial score (nSPS) is 19.1. The first-order chi connectivity index (χ1) is 9.15. The third kappa shape index (κ3) is 3.09. The van der Waals surface area contributed by atoms with Gasteiger partial charge < -0.3 is 10.6 Å². The molecule has 1 amide bonds. The molecule has 1 atom stereocenters. The van der Waals surface area contributed by atoms with Crippen LogP contribution in [0.2, 0.25) is 0 Å². The number of anilines is 1. The summed E-state index contributed by atoms with van der Waals surface area (Å²) in [5, 5.41) is 0. The Bertz CT molecular complexity index is 423. The van der Waals surface area contributed by atoms with Crippen molar-refractivity contribution in [3.63, 3.8) is 0 Å². The van der Waals surface area contributed by atoms with Crippen molar-refractivity contribution in [1.29, 1.82) is 0 Å². The monoisotopic (exact) mass is 260 g/mol. The summed E-state index contributed by atoms with van der Waals surface area (Å²) in [5.74, 6) is 1.01. The van der Waals surface area contributed by atoms with Crippen molar-refractivity contribution in [3.8, 4) is 0 Å². The van der Waals surface area contributed by atoms with Crippen molar-refractivity contribution in [2.45, 2.75) is 39.0 Å². The molecular weight excluding hydrogens is 236 g/mol. The van der Waals surface area contributed by atoms with Crippen LogP contribution < -0.4 is 5.73 Å². The summed E-state index contributed by atoms with van der Waals surface area (Å²) in [6.07, 6.45) is 2.95. The maximum absolute atomic E-state index is 12.3. The van der Waals surface area contributed by atoms with Crippen LogP contribution in [-0.4, -0.2) is 23.9 Å². The Kier molecular flexibility index (Phi) is 4.46. The predicted octanol–water partition coefficient (Wildman–Crippen LogP) is 3.02. The summed E-state index contributed by atoms with van der Waals surface area (Å²) < 4.78 is 0. The van der Waals surface area contributed by atoms with Crippen LogP contribution in [0.15, 0.2) is 24.3 Å². The van der Waals surface area contributed by atoms with Gasteiger partial charge in [0.25, 0.3) is 0 Å². The number of nitrogens with two attached hydrogens (primary N) is 1. The highest BCUT2D eigenvalue weighted by Gasteiger charge is 2.29. The maximum Gasteiger partial charge on any atom is 0.225 e. The summed E-state index contributed by atoms with van der Waals surface area (Å²) in [4.78, 5) is 14.4. The lowest BCUT2D eigenvalue weighted by atomic mass is 9.98. The van der Waals surface area contributed by atoms with Gasteiger partial charge in [0, 0.05) is 30.6 Å². The van der Waals surface area contributed by atoms with E-state index in [2.05, 4.69) is 26.0 Å². The van der Waals surface area contributed by atoms with Gasteiger partial charge in [-0.1, -0.05) is 26.0 Å². The molecule has 1 fully saturated rings. The number of amides is 1. The molecule has 2 rings (SSSR count). The van der Waals surface area contributed by atoms with Crippen LogP contribution in [0.4, 0.5) is 5.69 Å². The molecular formula is C16H24N2O. The van der Waals surface area contributed by atoms with Crippen LogP contribution in [0.1, 0.15) is 44.6 Å². The Balaban J connectivity index is 2.00. The zero-order valence-electron chi connectivity index (χ0n) is 11.9. The molecule has 1 aromatic carbocycles. The van der Waals surface area contributed by atoms with Crippen molar-refractivity contribution in [1.82, 2.24) is 4.90 Å². The second-order valence-corrected chi connectivity index (χ2v) is 5.45. The van der Waals surface area contributed by atoms with E-state index in [1.807, 2.05) is 17.0 Å². The molecule has 19 heavy (non-hydrogen) atoms. The van der Waals surface area contributed by atoms with Gasteiger partial charge >= 0.3 is 0 Å². The van der Waals surface area contributed by atoms with E-state index in [1.165, 1.54) is 5.56 Å². The number of rotatable bonds is 4. The molecule has 1 saturated heterocycles. The lowest BCUT2D eigenvalue weighted by Gasteiger charge is -2.22. The molecule has 2 N–H and O–H groups in total. The molecule has 0 bridgehead atoms. The average Bonchev–Trinajstić information content (AvgIpc) is 2.90. The Hall–Kier alpha value is -1.51. The molecule has 104 valence electrons. The Labute approximate surface area is 115 Å². The second kappa shape index (κ2) is 6.09. The molecule has 0 radical (unpaired) electrons. The molecule has 0 aliphatic carbocycles. The lowest BCUT2D eigenvalue weighted by Crippen LogP contribution is -2.33. The fraction of sp³-hybridized carbons (Fsp3) is 0.562. The van der Waals surface area contributed by atoms with Gasteiger partial charge in [0.05, 0.1) is 0 Å². The van der Waals surface area contributed by atoms with E-state index < -0.39 is 0 Å². The van der Waals surface area contributed by atoms with Gasteiger partial charge in [-0.05, 0) is 37.0 Å². The summed E-state index contributed by atoms with van der Waals surface area (Å²) in [7, 11) is 0. The van der Waals surface area contributed by atoms with Gasteiger partial charge in [0.1, 0.15) is 0 Å². The highest BCUT2D eigenvalue weighted by Crippen LogP contribution is 2.29. The quantitative estimate of drug-likeness (QED) is 0.846. The summed E-state index contributed by atoms with van der Waals surface area (Å²) in [6.45, 7) is 5.95. The van der Waals surface area contributed by atoms with E-state index in [4.69, 9.17) is 5.73 Å². The van der Waals surface area contributed by atoms with Gasteiger partial charge in [0.15, 0.2) is 0 Å². The van der Waals surface area contributed by atoms with E-state index in [1.54, 1.807) is 0 Å². The number of likely N-dealkylation sites (tertiary alicyclic amines) is 1. The van der Waals surface area contributed by atoms with Gasteiger partial charge in [-0.15, -0.1) is 0 Å². The zero-order valence-corrected chi connectivity index (χ0v) is 11.9. The standard InChI is InChI=1S/C16H24N2O/c1-3-12(4-2)16(19)18-10-9-14(11-18)13-5-7-15(17)8-6-13/h5-8,12,14H,3-4,9-11,17H2,1-2H3. The van der Waals surface area contributed by atoms with Crippen LogP contribution >= 0.6 is 0 Å². The fourth-order valence-electron chi connectivity index (χ4n) is 2.90. The Morgan fingerprint density at radius 2 is 1.95 bits per heavy atom. The number of hydrogen-bond donors (Lipinski definition) is 1. The molecule has 1 aromatic rings. The Morgan fingerprint density at radius 1 is 1.32 bits per heavy atom. The first-order valence-corrected chi connectivity index (χ1v) is 7.29. The highest BCUT2D eigenvalue weighted by molar-refractivity contribution is 5.79. The molecule has 3 heteroatoms. The van der Waals surface area contributed by atoms with Gasteiger partial charge in [-0.25, -0.2) is 0 Å². The van der Waals surface area contributed by atoms with Crippen molar-refractivity contribution in [3.05, 3.63) is 29.8 Å². The van der Waals surface area contributed by atoms with Crippen molar-refractivity contribution in [2.75, 3.05) is 18.8 Å². The van der Waals surface area contributed by atoms with Gasteiger partial charge in [-0.2, -0.15) is 0 Å². The van der Waals surface area contributed by atoms with Crippen LogP contribution in [0.5, 0.6) is 0 Å². The number of carbonyl (C=O) groups is 1. The van der Waals surface area contributed by atoms with E-state index >= 15 is 0 Å². The summed E-state index contributed by atoms with van der Waals surface area (Å²) >= 11 is 0. The smallest absolute Gasteiger partial charge is 0.225 e. The first-order valence-electron chi connectivity index (χ1n) is 7.29. The Morgan fingerprint density at radius 3 is 2.53 bits per heavy atom. The van der Waals surface area contributed by atoms with E-state index in [0.29, 0.717) is 11.8 Å². The van der Waals surface area contributed by atoms with Crippen molar-refractivity contribution >= 4 is 11.6 Å². The van der Waals surface area contributed by atoms with Crippen LogP contribution in [0.3, 0.4) is 0 Å². The average molecular weight is 260 g/mol. The molecule has 3 nitrogen and oxygen atoms in total. The minimum absolute atomic E-state index is 0.199. The van der Waals surface area contributed by atoms with Gasteiger partial charge in [0.2, 0.25) is 5.91 Å². The number of carbonyl (C=O) groups excluding carboxylic acids is 1. The molecule has 0 saturated carbocycles. The number of hydrogen-bond acceptors (Lipinski definition) is 2. The largest absolute Gasteiger partial charge is 0.399 e. The molecule has 0 spiro atoms. The van der Waals surface area contributed by atoms with E-state index in [0.717, 1.165) is 38.0 Å². The van der Waals surface area contributed by atoms with Crippen LogP contribution in [-0.2, 0) is 4.79 Å². The predicted molar refractivity (Wildman–Crippen MR) is 78.9 cm³/mol. The summed E-state index contributed by atoms with van der Waals surface area (Å²) in [5.41, 5.74) is 7.81. The third-order valence-corrected chi connectivity index (χ3v) is 4.24. The van der Waals surface area contributed by atoms with Crippen molar-refractivity contribution in [2.24, 2.45) is 5.92 Å². The molecule has 1 heterocycles. The van der Waals surface area contributed by atoms with Gasteiger partial charge in [-0.3, -0.25) is 4.79 Å². The number of benzene rings is 1. The topological polar surface area (TPSA) is 46.3 Å². The second-order valence-electron chi connectivity index (χ2n) is 5.45. The maximum atomic E-state index is 12.3. The number of nitrogens with zero attached hydrogens (tertiary/aromatic N) is 1. The van der Waals surface area contributed by atoms with Crippen LogP contribution in [0, 0.1) is 5.92 Å². The molecule has 1 aliphatic rings. The minimum atomic E-state index is 0.199. The summed E-state index contributed by atoms with van der Waals surface area (Å²) in [6, 6.07) is 8.07. The fourth-order valence-corrected chi connectivity index (χ4v) is 2.90. The lowest BCUT2D eigenvalue weighted by molar-refractivity contribution is -0.134.